The minimum Gasteiger partial charge on any atom is -0.444 e. The van der Waals surface area contributed by atoms with Crippen LogP contribution in [0.25, 0.3) is 0 Å². The number of nitrogens with one attached hydrogen (secondary N) is 1. The van der Waals surface area contributed by atoms with Gasteiger partial charge in [0.1, 0.15) is 5.60 Å². The molecule has 0 aromatic carbocycles. The second-order valence-electron chi connectivity index (χ2n) is 6.12. The van der Waals surface area contributed by atoms with Gasteiger partial charge in [-0.25, -0.2) is 4.79 Å². The lowest BCUT2D eigenvalue weighted by atomic mass is 9.91. The van der Waals surface area contributed by atoms with Crippen LogP contribution in [0.2, 0.25) is 0 Å². The molecule has 1 N–H and O–H groups in total. The molecule has 0 saturated heterocycles. The van der Waals surface area contributed by atoms with Gasteiger partial charge in [-0.2, -0.15) is 0 Å². The van der Waals surface area contributed by atoms with Gasteiger partial charge in [0.25, 0.3) is 0 Å². The average Bonchev–Trinajstić information content (AvgIpc) is 2.15. The van der Waals surface area contributed by atoms with E-state index < -0.39 is 5.60 Å². The van der Waals surface area contributed by atoms with Crippen LogP contribution in [0.15, 0.2) is 0 Å². The lowest BCUT2D eigenvalue weighted by molar-refractivity contribution is 0.0483. The quantitative estimate of drug-likeness (QED) is 0.808. The SMILES string of the molecule is CN(C)[C@H]1CC[C@@H](NC(=O)OC(C)(C)C)CC1. The van der Waals surface area contributed by atoms with Crippen LogP contribution in [-0.4, -0.2) is 42.8 Å². The fraction of sp³-hybridized carbons (Fsp3) is 0.923. The van der Waals surface area contributed by atoms with Crippen molar-refractivity contribution in [3.8, 4) is 0 Å². The third-order valence-corrected chi connectivity index (χ3v) is 3.15. The van der Waals surface area contributed by atoms with Crippen molar-refractivity contribution in [3.05, 3.63) is 0 Å². The second kappa shape index (κ2) is 5.71. The molecule has 0 bridgehead atoms. The van der Waals surface area contributed by atoms with Crippen molar-refractivity contribution in [1.82, 2.24) is 10.2 Å². The first-order valence-corrected chi connectivity index (χ1v) is 6.44. The van der Waals surface area contributed by atoms with Gasteiger partial charge < -0.3 is 15.0 Å². The van der Waals surface area contributed by atoms with Crippen LogP contribution in [0.3, 0.4) is 0 Å². The summed E-state index contributed by atoms with van der Waals surface area (Å²) in [4.78, 5) is 13.9. The molecule has 0 atom stereocenters. The molecule has 1 aliphatic carbocycles. The molecule has 4 nitrogen and oxygen atoms in total. The number of hydrogen-bond acceptors (Lipinski definition) is 3. The van der Waals surface area contributed by atoms with E-state index in [1.807, 2.05) is 20.8 Å². The van der Waals surface area contributed by atoms with Crippen LogP contribution in [0.1, 0.15) is 46.5 Å². The number of ether oxygens (including phenoxy) is 1. The highest BCUT2D eigenvalue weighted by Gasteiger charge is 2.25. The van der Waals surface area contributed by atoms with E-state index in [9.17, 15) is 4.79 Å². The monoisotopic (exact) mass is 242 g/mol. The summed E-state index contributed by atoms with van der Waals surface area (Å²) >= 11 is 0. The van der Waals surface area contributed by atoms with Crippen LogP contribution < -0.4 is 5.32 Å². The van der Waals surface area contributed by atoms with E-state index >= 15 is 0 Å². The molecular weight excluding hydrogens is 216 g/mol. The summed E-state index contributed by atoms with van der Waals surface area (Å²) in [5.41, 5.74) is -0.412. The maximum atomic E-state index is 11.6. The lowest BCUT2D eigenvalue weighted by Gasteiger charge is -2.33. The van der Waals surface area contributed by atoms with Crippen molar-refractivity contribution in [2.24, 2.45) is 0 Å². The van der Waals surface area contributed by atoms with Gasteiger partial charge in [0.05, 0.1) is 0 Å². The van der Waals surface area contributed by atoms with Crippen molar-refractivity contribution in [1.29, 1.82) is 0 Å². The minimum atomic E-state index is -0.412. The number of carbonyl (C=O) groups excluding carboxylic acids is 1. The van der Waals surface area contributed by atoms with Crippen LogP contribution in [0.4, 0.5) is 4.79 Å². The Hall–Kier alpha value is -0.770. The molecule has 0 spiro atoms. The zero-order chi connectivity index (χ0) is 13.1. The van der Waals surface area contributed by atoms with Crippen molar-refractivity contribution in [2.45, 2.75) is 64.1 Å². The summed E-state index contributed by atoms with van der Waals surface area (Å²) in [6, 6.07) is 0.938. The van der Waals surface area contributed by atoms with E-state index in [1.165, 1.54) is 0 Å². The molecule has 1 aliphatic rings. The fourth-order valence-electron chi connectivity index (χ4n) is 2.21. The average molecular weight is 242 g/mol. The highest BCUT2D eigenvalue weighted by atomic mass is 16.6. The van der Waals surface area contributed by atoms with Gasteiger partial charge in [0.2, 0.25) is 0 Å². The first-order valence-electron chi connectivity index (χ1n) is 6.44. The van der Waals surface area contributed by atoms with E-state index in [2.05, 4.69) is 24.3 Å². The third-order valence-electron chi connectivity index (χ3n) is 3.15. The summed E-state index contributed by atoms with van der Waals surface area (Å²) in [5, 5.41) is 2.96. The van der Waals surface area contributed by atoms with Crippen molar-refractivity contribution in [3.63, 3.8) is 0 Å². The maximum Gasteiger partial charge on any atom is 0.407 e. The van der Waals surface area contributed by atoms with E-state index in [0.717, 1.165) is 25.7 Å². The predicted octanol–water partition coefficient (Wildman–Crippen LogP) is 2.38. The second-order valence-corrected chi connectivity index (χ2v) is 6.12. The molecule has 4 heteroatoms. The molecular formula is C13H26N2O2. The van der Waals surface area contributed by atoms with Crippen LogP contribution >= 0.6 is 0 Å². The van der Waals surface area contributed by atoms with Gasteiger partial charge in [0.15, 0.2) is 0 Å². The first-order chi connectivity index (χ1) is 7.78. The van der Waals surface area contributed by atoms with Gasteiger partial charge in [-0.3, -0.25) is 0 Å². The summed E-state index contributed by atoms with van der Waals surface area (Å²) in [7, 11) is 4.23. The van der Waals surface area contributed by atoms with Crippen LogP contribution in [-0.2, 0) is 4.74 Å². The third kappa shape index (κ3) is 5.39. The molecule has 0 heterocycles. The molecule has 0 radical (unpaired) electrons. The van der Waals surface area contributed by atoms with Crippen LogP contribution in [0, 0.1) is 0 Å². The van der Waals surface area contributed by atoms with Crippen LogP contribution in [0.5, 0.6) is 0 Å². The van der Waals surface area contributed by atoms with Crippen molar-refractivity contribution < 1.29 is 9.53 Å². The maximum absolute atomic E-state index is 11.6. The highest BCUT2D eigenvalue weighted by molar-refractivity contribution is 5.68. The van der Waals surface area contributed by atoms with Gasteiger partial charge >= 0.3 is 6.09 Å². The zero-order valence-corrected chi connectivity index (χ0v) is 11.7. The molecule has 1 fully saturated rings. The number of rotatable bonds is 2. The molecule has 1 rings (SSSR count). The number of amides is 1. The van der Waals surface area contributed by atoms with Crippen molar-refractivity contribution >= 4 is 6.09 Å². The Morgan fingerprint density at radius 2 is 1.71 bits per heavy atom. The highest BCUT2D eigenvalue weighted by Crippen LogP contribution is 2.21. The van der Waals surface area contributed by atoms with E-state index in [1.54, 1.807) is 0 Å². The number of hydrogen-bond donors (Lipinski definition) is 1. The minimum absolute atomic E-state index is 0.279. The lowest BCUT2D eigenvalue weighted by Crippen LogP contribution is -2.43. The summed E-state index contributed by atoms with van der Waals surface area (Å²) in [6.07, 6.45) is 4.09. The Morgan fingerprint density at radius 3 is 2.12 bits per heavy atom. The standard InChI is InChI=1S/C13H26N2O2/c1-13(2,3)17-12(16)14-10-6-8-11(9-7-10)15(4)5/h10-11H,6-9H2,1-5H3,(H,14,16)/t10-,11+. The molecule has 0 aliphatic heterocycles. The Kier molecular flexibility index (Phi) is 4.80. The van der Waals surface area contributed by atoms with Gasteiger partial charge in [0, 0.05) is 12.1 Å². The Morgan fingerprint density at radius 1 is 1.18 bits per heavy atom. The number of alkyl carbamates (subject to hydrolysis) is 1. The molecule has 1 amide bonds. The number of nitrogens with zero attached hydrogens (tertiary/aromatic N) is 1. The Balaban J connectivity index is 2.29. The van der Waals surface area contributed by atoms with Gasteiger partial charge in [-0.05, 0) is 60.5 Å². The van der Waals surface area contributed by atoms with E-state index in [4.69, 9.17) is 4.74 Å². The molecule has 17 heavy (non-hydrogen) atoms. The van der Waals surface area contributed by atoms with E-state index in [-0.39, 0.29) is 12.1 Å². The van der Waals surface area contributed by atoms with Crippen molar-refractivity contribution in [2.75, 3.05) is 14.1 Å². The fourth-order valence-corrected chi connectivity index (χ4v) is 2.21. The number of carbonyl (C=O) groups is 1. The molecule has 100 valence electrons. The molecule has 1 saturated carbocycles. The largest absolute Gasteiger partial charge is 0.444 e. The summed E-state index contributed by atoms with van der Waals surface area (Å²) in [5.74, 6) is 0. The Bertz CT molecular complexity index is 251. The summed E-state index contributed by atoms with van der Waals surface area (Å²) in [6.45, 7) is 5.65. The topological polar surface area (TPSA) is 41.6 Å². The molecule has 0 aromatic rings. The normalized spacial score (nSPS) is 25.8. The van der Waals surface area contributed by atoms with Gasteiger partial charge in [-0.15, -0.1) is 0 Å². The Labute approximate surface area is 105 Å². The van der Waals surface area contributed by atoms with E-state index in [0.29, 0.717) is 6.04 Å². The zero-order valence-electron chi connectivity index (χ0n) is 11.7. The smallest absolute Gasteiger partial charge is 0.407 e. The summed E-state index contributed by atoms with van der Waals surface area (Å²) < 4.78 is 5.25. The molecule has 0 unspecified atom stereocenters. The van der Waals surface area contributed by atoms with Gasteiger partial charge in [-0.1, -0.05) is 0 Å². The molecule has 0 aromatic heterocycles. The predicted molar refractivity (Wildman–Crippen MR) is 69.1 cm³/mol. The first kappa shape index (κ1) is 14.3.